The quantitative estimate of drug-likeness (QED) is 0.806. The molecule has 3 heterocycles. The first-order valence-electron chi connectivity index (χ1n) is 8.76. The van der Waals surface area contributed by atoms with Crippen molar-refractivity contribution in [3.63, 3.8) is 0 Å². The molecule has 1 amide bonds. The number of benzene rings is 1. The van der Waals surface area contributed by atoms with Gasteiger partial charge in [-0.05, 0) is 36.6 Å². The normalized spacial score (nSPS) is 25.8. The summed E-state index contributed by atoms with van der Waals surface area (Å²) in [6.45, 7) is 4.61. The van der Waals surface area contributed by atoms with Gasteiger partial charge < -0.3 is 14.4 Å². The second kappa shape index (κ2) is 6.07. The van der Waals surface area contributed by atoms with E-state index in [4.69, 9.17) is 9.47 Å². The Balaban J connectivity index is 1.50. The van der Waals surface area contributed by atoms with Gasteiger partial charge in [0.05, 0.1) is 25.6 Å². The van der Waals surface area contributed by atoms with E-state index < -0.39 is 14.6 Å². The Hall–Kier alpha value is -1.44. The van der Waals surface area contributed by atoms with Crippen molar-refractivity contribution in [1.82, 2.24) is 4.90 Å². The molecule has 136 valence electrons. The minimum Gasteiger partial charge on any atom is -0.381 e. The van der Waals surface area contributed by atoms with Crippen LogP contribution < -0.4 is 0 Å². The predicted molar refractivity (Wildman–Crippen MR) is 92.0 cm³/mol. The van der Waals surface area contributed by atoms with Gasteiger partial charge in [0.15, 0.2) is 9.84 Å². The molecule has 7 heteroatoms. The number of carbonyl (C=O) groups excluding carboxylic acids is 1. The van der Waals surface area contributed by atoms with Crippen LogP contribution in [0, 0.1) is 5.92 Å². The standard InChI is InChI=1S/C18H23NO5S/c1-2-23-10-16-5-6-25(21,22)18(16)11-19(12-18)17(20)13-3-4-14-8-24-9-15(14)7-13/h3-4,7,16H,2,5-6,8-12H2,1H3/t16-/m0/s1. The molecule has 1 aromatic carbocycles. The van der Waals surface area contributed by atoms with Gasteiger partial charge in [-0.3, -0.25) is 4.79 Å². The average molecular weight is 365 g/mol. The van der Waals surface area contributed by atoms with Crippen molar-refractivity contribution in [3.05, 3.63) is 34.9 Å². The monoisotopic (exact) mass is 365 g/mol. The van der Waals surface area contributed by atoms with Gasteiger partial charge in [0, 0.05) is 31.2 Å². The predicted octanol–water partition coefficient (Wildman–Crippen LogP) is 1.38. The zero-order valence-electron chi connectivity index (χ0n) is 14.4. The van der Waals surface area contributed by atoms with Gasteiger partial charge in [-0.15, -0.1) is 0 Å². The SMILES string of the molecule is CCOC[C@@H]1CCS(=O)(=O)C12CN(C(=O)c1ccc3c(c1)COC3)C2. The number of sulfone groups is 1. The van der Waals surface area contributed by atoms with Gasteiger partial charge in [-0.2, -0.15) is 0 Å². The molecule has 2 saturated heterocycles. The maximum absolute atomic E-state index is 12.8. The van der Waals surface area contributed by atoms with Crippen LogP contribution in [0.15, 0.2) is 18.2 Å². The Kier molecular flexibility index (Phi) is 4.13. The molecule has 4 rings (SSSR count). The molecule has 0 unspecified atom stereocenters. The molecule has 6 nitrogen and oxygen atoms in total. The lowest BCUT2D eigenvalue weighted by atomic mass is 9.83. The molecule has 2 fully saturated rings. The molecular weight excluding hydrogens is 342 g/mol. The highest BCUT2D eigenvalue weighted by Gasteiger charge is 2.62. The molecule has 1 spiro atoms. The third-order valence-electron chi connectivity index (χ3n) is 5.79. The number of ether oxygens (including phenoxy) is 2. The van der Waals surface area contributed by atoms with Crippen molar-refractivity contribution in [2.45, 2.75) is 31.3 Å². The van der Waals surface area contributed by atoms with Crippen LogP contribution >= 0.6 is 0 Å². The van der Waals surface area contributed by atoms with Crippen molar-refractivity contribution in [2.24, 2.45) is 5.92 Å². The number of carbonyl (C=O) groups is 1. The minimum absolute atomic E-state index is 0.0186. The Labute approximate surface area is 148 Å². The number of amides is 1. The molecule has 3 aliphatic heterocycles. The first-order chi connectivity index (χ1) is 12.0. The lowest BCUT2D eigenvalue weighted by molar-refractivity contribution is 0.0271. The second-order valence-corrected chi connectivity index (χ2v) is 9.62. The molecule has 1 atom stereocenters. The molecule has 0 aromatic heterocycles. The van der Waals surface area contributed by atoms with Gasteiger partial charge in [-0.1, -0.05) is 6.07 Å². The van der Waals surface area contributed by atoms with Crippen LogP contribution in [0.4, 0.5) is 0 Å². The van der Waals surface area contributed by atoms with Gasteiger partial charge in [-0.25, -0.2) is 8.42 Å². The van der Waals surface area contributed by atoms with Crippen molar-refractivity contribution < 1.29 is 22.7 Å². The van der Waals surface area contributed by atoms with Gasteiger partial charge >= 0.3 is 0 Å². The molecule has 1 aromatic rings. The van der Waals surface area contributed by atoms with Crippen LogP contribution in [0.3, 0.4) is 0 Å². The van der Waals surface area contributed by atoms with E-state index >= 15 is 0 Å². The van der Waals surface area contributed by atoms with E-state index in [0.717, 1.165) is 11.1 Å². The van der Waals surface area contributed by atoms with Crippen LogP contribution in [0.1, 0.15) is 34.8 Å². The Morgan fingerprint density at radius 3 is 2.84 bits per heavy atom. The van der Waals surface area contributed by atoms with Crippen molar-refractivity contribution >= 4 is 15.7 Å². The van der Waals surface area contributed by atoms with Crippen LogP contribution in [-0.2, 0) is 32.5 Å². The smallest absolute Gasteiger partial charge is 0.253 e. The summed E-state index contributed by atoms with van der Waals surface area (Å²) in [5.74, 6) is 0.0793. The summed E-state index contributed by atoms with van der Waals surface area (Å²) >= 11 is 0. The van der Waals surface area contributed by atoms with Crippen LogP contribution in [0.2, 0.25) is 0 Å². The topological polar surface area (TPSA) is 72.9 Å². The largest absolute Gasteiger partial charge is 0.381 e. The number of nitrogens with zero attached hydrogens (tertiary/aromatic N) is 1. The summed E-state index contributed by atoms with van der Waals surface area (Å²) in [5, 5.41) is 0. The van der Waals surface area contributed by atoms with E-state index in [2.05, 4.69) is 0 Å². The number of fused-ring (bicyclic) bond motifs is 1. The zero-order chi connectivity index (χ0) is 17.7. The Morgan fingerprint density at radius 2 is 2.08 bits per heavy atom. The van der Waals surface area contributed by atoms with Crippen LogP contribution in [-0.4, -0.2) is 56.0 Å². The van der Waals surface area contributed by atoms with Gasteiger partial charge in [0.2, 0.25) is 0 Å². The van der Waals surface area contributed by atoms with Crippen molar-refractivity contribution in [2.75, 3.05) is 32.1 Å². The van der Waals surface area contributed by atoms with E-state index in [-0.39, 0.29) is 30.7 Å². The van der Waals surface area contributed by atoms with E-state index in [1.807, 2.05) is 25.1 Å². The van der Waals surface area contributed by atoms with Crippen molar-refractivity contribution in [1.29, 1.82) is 0 Å². The highest BCUT2D eigenvalue weighted by Crippen LogP contribution is 2.45. The summed E-state index contributed by atoms with van der Waals surface area (Å²) in [6, 6.07) is 5.60. The molecular formula is C18H23NO5S. The highest BCUT2D eigenvalue weighted by atomic mass is 32.2. The van der Waals surface area contributed by atoms with E-state index in [9.17, 15) is 13.2 Å². The Morgan fingerprint density at radius 1 is 1.32 bits per heavy atom. The molecule has 0 saturated carbocycles. The summed E-state index contributed by atoms with van der Waals surface area (Å²) in [7, 11) is -3.18. The second-order valence-electron chi connectivity index (χ2n) is 7.17. The molecule has 0 radical (unpaired) electrons. The molecule has 25 heavy (non-hydrogen) atoms. The summed E-state index contributed by atoms with van der Waals surface area (Å²) < 4.78 is 35.2. The third kappa shape index (κ3) is 2.60. The number of hydrogen-bond acceptors (Lipinski definition) is 5. The maximum Gasteiger partial charge on any atom is 0.253 e. The third-order valence-corrected chi connectivity index (χ3v) is 8.40. The highest BCUT2D eigenvalue weighted by molar-refractivity contribution is 7.93. The molecule has 0 N–H and O–H groups in total. The molecule has 0 bridgehead atoms. The lowest BCUT2D eigenvalue weighted by Gasteiger charge is -2.49. The number of rotatable bonds is 4. The van der Waals surface area contributed by atoms with E-state index in [1.54, 1.807) is 4.90 Å². The maximum atomic E-state index is 12.8. The zero-order valence-corrected chi connectivity index (χ0v) is 15.2. The fraction of sp³-hybridized carbons (Fsp3) is 0.611. The van der Waals surface area contributed by atoms with Crippen molar-refractivity contribution in [3.8, 4) is 0 Å². The Bertz CT molecular complexity index is 798. The summed E-state index contributed by atoms with van der Waals surface area (Å²) in [5.41, 5.74) is 2.77. The fourth-order valence-electron chi connectivity index (χ4n) is 4.20. The van der Waals surface area contributed by atoms with Gasteiger partial charge in [0.25, 0.3) is 5.91 Å². The van der Waals surface area contributed by atoms with Crippen LogP contribution in [0.5, 0.6) is 0 Å². The summed E-state index contributed by atoms with van der Waals surface area (Å²) in [4.78, 5) is 14.4. The van der Waals surface area contributed by atoms with E-state index in [1.165, 1.54) is 0 Å². The van der Waals surface area contributed by atoms with Crippen LogP contribution in [0.25, 0.3) is 0 Å². The minimum atomic E-state index is -3.18. The fourth-order valence-corrected chi connectivity index (χ4v) is 6.60. The lowest BCUT2D eigenvalue weighted by Crippen LogP contribution is -2.68. The van der Waals surface area contributed by atoms with E-state index in [0.29, 0.717) is 38.4 Å². The first-order valence-corrected chi connectivity index (χ1v) is 10.4. The molecule has 3 aliphatic rings. The van der Waals surface area contributed by atoms with Gasteiger partial charge in [0.1, 0.15) is 4.75 Å². The first kappa shape index (κ1) is 17.0. The molecule has 0 aliphatic carbocycles. The average Bonchev–Trinajstić information content (AvgIpc) is 3.11. The summed E-state index contributed by atoms with van der Waals surface area (Å²) in [6.07, 6.45) is 0.626. The number of likely N-dealkylation sites (tertiary alicyclic amines) is 1. The number of hydrogen-bond donors (Lipinski definition) is 0.